The minimum absolute atomic E-state index is 0.295. The van der Waals surface area contributed by atoms with Gasteiger partial charge in [-0.25, -0.2) is 9.97 Å². The second-order valence-corrected chi connectivity index (χ2v) is 3.49. The van der Waals surface area contributed by atoms with E-state index < -0.39 is 0 Å². The minimum Gasteiger partial charge on any atom is -0.455 e. The van der Waals surface area contributed by atoms with Crippen LogP contribution in [0.3, 0.4) is 0 Å². The van der Waals surface area contributed by atoms with Crippen LogP contribution in [-0.4, -0.2) is 20.1 Å². The monoisotopic (exact) mass is 243 g/mol. The molecule has 0 aliphatic rings. The molecule has 3 rings (SSSR count). The first-order valence-electron chi connectivity index (χ1n) is 5.26. The van der Waals surface area contributed by atoms with Crippen LogP contribution in [0.25, 0.3) is 23.2 Å². The van der Waals surface area contributed by atoms with Crippen LogP contribution in [-0.2, 0) is 6.54 Å². The van der Waals surface area contributed by atoms with Crippen LogP contribution >= 0.6 is 0 Å². The second-order valence-electron chi connectivity index (χ2n) is 3.49. The molecule has 3 aromatic heterocycles. The topological polar surface area (TPSA) is 104 Å². The molecule has 0 fully saturated rings. The average molecular weight is 243 g/mol. The zero-order chi connectivity index (χ0) is 12.4. The van der Waals surface area contributed by atoms with E-state index in [2.05, 4.69) is 20.1 Å². The standard InChI is InChI=1S/C11H9N5O2/c12-5-7-1-2-9(17-7)11-15-10(16-18-11)8-3-4-13-6-14-8/h1-4,6H,5,12H2. The SMILES string of the molecule is NCc1ccc(-c2nc(-c3ccncn3)no2)o1. The van der Waals surface area contributed by atoms with Gasteiger partial charge in [-0.05, 0) is 18.2 Å². The Bertz CT molecular complexity index is 646. The molecule has 0 aliphatic heterocycles. The molecule has 0 saturated carbocycles. The highest BCUT2D eigenvalue weighted by molar-refractivity contribution is 5.52. The predicted octanol–water partition coefficient (Wildman–Crippen LogP) is 1.25. The maximum Gasteiger partial charge on any atom is 0.293 e. The Balaban J connectivity index is 1.94. The van der Waals surface area contributed by atoms with Gasteiger partial charge in [0.2, 0.25) is 5.82 Å². The lowest BCUT2D eigenvalue weighted by atomic mass is 10.4. The fraction of sp³-hybridized carbons (Fsp3) is 0.0909. The third kappa shape index (κ3) is 1.87. The van der Waals surface area contributed by atoms with E-state index in [4.69, 9.17) is 14.7 Å². The van der Waals surface area contributed by atoms with Crippen LogP contribution in [0.1, 0.15) is 5.76 Å². The van der Waals surface area contributed by atoms with E-state index in [1.807, 2.05) is 0 Å². The second kappa shape index (κ2) is 4.38. The minimum atomic E-state index is 0.295. The summed E-state index contributed by atoms with van der Waals surface area (Å²) >= 11 is 0. The number of hydrogen-bond acceptors (Lipinski definition) is 7. The molecule has 0 amide bonds. The van der Waals surface area contributed by atoms with E-state index in [-0.39, 0.29) is 0 Å². The highest BCUT2D eigenvalue weighted by Gasteiger charge is 2.14. The molecule has 18 heavy (non-hydrogen) atoms. The molecule has 0 radical (unpaired) electrons. The predicted molar refractivity (Wildman–Crippen MR) is 60.9 cm³/mol. The van der Waals surface area contributed by atoms with E-state index in [0.717, 1.165) is 0 Å². The summed E-state index contributed by atoms with van der Waals surface area (Å²) in [5.74, 6) is 1.83. The number of rotatable bonds is 3. The molecular weight excluding hydrogens is 234 g/mol. The number of hydrogen-bond donors (Lipinski definition) is 1. The number of nitrogens with zero attached hydrogens (tertiary/aromatic N) is 4. The molecule has 0 aliphatic carbocycles. The summed E-state index contributed by atoms with van der Waals surface area (Å²) in [5, 5.41) is 3.83. The summed E-state index contributed by atoms with van der Waals surface area (Å²) in [5.41, 5.74) is 6.05. The zero-order valence-electron chi connectivity index (χ0n) is 9.28. The van der Waals surface area contributed by atoms with Gasteiger partial charge in [-0.1, -0.05) is 5.16 Å². The van der Waals surface area contributed by atoms with Gasteiger partial charge in [0.05, 0.1) is 6.54 Å². The van der Waals surface area contributed by atoms with Crippen molar-refractivity contribution in [1.29, 1.82) is 0 Å². The number of aromatic nitrogens is 4. The lowest BCUT2D eigenvalue weighted by molar-refractivity contribution is 0.412. The molecule has 0 unspecified atom stereocenters. The highest BCUT2D eigenvalue weighted by Crippen LogP contribution is 2.22. The van der Waals surface area contributed by atoms with Gasteiger partial charge in [-0.15, -0.1) is 0 Å². The van der Waals surface area contributed by atoms with Crippen LogP contribution in [0.5, 0.6) is 0 Å². The zero-order valence-corrected chi connectivity index (χ0v) is 9.28. The Labute approximate surface area is 102 Å². The first kappa shape index (κ1) is 10.6. The van der Waals surface area contributed by atoms with Gasteiger partial charge >= 0.3 is 0 Å². The maximum absolute atomic E-state index is 5.46. The van der Waals surface area contributed by atoms with Crippen molar-refractivity contribution in [1.82, 2.24) is 20.1 Å². The number of furan rings is 1. The molecule has 0 saturated heterocycles. The smallest absolute Gasteiger partial charge is 0.293 e. The summed E-state index contributed by atoms with van der Waals surface area (Å²) in [6.07, 6.45) is 3.03. The maximum atomic E-state index is 5.46. The lowest BCUT2D eigenvalue weighted by Gasteiger charge is -1.89. The van der Waals surface area contributed by atoms with Crippen molar-refractivity contribution >= 4 is 0 Å². The molecule has 0 atom stereocenters. The Kier molecular flexibility index (Phi) is 2.58. The van der Waals surface area contributed by atoms with Crippen LogP contribution in [0, 0.1) is 0 Å². The van der Waals surface area contributed by atoms with Crippen molar-refractivity contribution in [3.05, 3.63) is 36.5 Å². The van der Waals surface area contributed by atoms with Crippen LogP contribution < -0.4 is 5.73 Å². The first-order chi connectivity index (χ1) is 8.86. The Morgan fingerprint density at radius 3 is 2.89 bits per heavy atom. The highest BCUT2D eigenvalue weighted by atomic mass is 16.5. The van der Waals surface area contributed by atoms with E-state index in [1.165, 1.54) is 6.33 Å². The van der Waals surface area contributed by atoms with Crippen molar-refractivity contribution in [2.45, 2.75) is 6.54 Å². The van der Waals surface area contributed by atoms with Crippen molar-refractivity contribution in [3.8, 4) is 23.2 Å². The van der Waals surface area contributed by atoms with Crippen LogP contribution in [0.15, 0.2) is 39.7 Å². The van der Waals surface area contributed by atoms with E-state index in [9.17, 15) is 0 Å². The van der Waals surface area contributed by atoms with E-state index in [0.29, 0.717) is 35.5 Å². The van der Waals surface area contributed by atoms with E-state index >= 15 is 0 Å². The third-order valence-electron chi connectivity index (χ3n) is 2.31. The quantitative estimate of drug-likeness (QED) is 0.737. The lowest BCUT2D eigenvalue weighted by Crippen LogP contribution is -1.92. The molecular formula is C11H9N5O2. The third-order valence-corrected chi connectivity index (χ3v) is 2.31. The summed E-state index contributed by atoms with van der Waals surface area (Å²) < 4.78 is 10.5. The van der Waals surface area contributed by atoms with Crippen LogP contribution in [0.2, 0.25) is 0 Å². The average Bonchev–Trinajstić information content (AvgIpc) is 3.08. The van der Waals surface area contributed by atoms with Crippen LogP contribution in [0.4, 0.5) is 0 Å². The van der Waals surface area contributed by atoms with Crippen molar-refractivity contribution in [2.24, 2.45) is 5.73 Å². The fourth-order valence-electron chi connectivity index (χ4n) is 1.45. The first-order valence-corrected chi connectivity index (χ1v) is 5.26. The number of nitrogens with two attached hydrogens (primary N) is 1. The Morgan fingerprint density at radius 2 is 2.17 bits per heavy atom. The molecule has 3 heterocycles. The molecule has 7 nitrogen and oxygen atoms in total. The summed E-state index contributed by atoms with van der Waals surface area (Å²) in [7, 11) is 0. The van der Waals surface area contributed by atoms with Crippen molar-refractivity contribution in [2.75, 3.05) is 0 Å². The molecule has 0 bridgehead atoms. The summed E-state index contributed by atoms with van der Waals surface area (Å²) in [6.45, 7) is 0.326. The van der Waals surface area contributed by atoms with Gasteiger partial charge in [0.1, 0.15) is 17.8 Å². The normalized spacial score (nSPS) is 10.7. The molecule has 0 aromatic carbocycles. The molecule has 0 spiro atoms. The van der Waals surface area contributed by atoms with E-state index in [1.54, 1.807) is 24.4 Å². The fourth-order valence-corrected chi connectivity index (χ4v) is 1.45. The van der Waals surface area contributed by atoms with Gasteiger partial charge in [-0.3, -0.25) is 0 Å². The largest absolute Gasteiger partial charge is 0.455 e. The van der Waals surface area contributed by atoms with Crippen molar-refractivity contribution < 1.29 is 8.94 Å². The van der Waals surface area contributed by atoms with Crippen molar-refractivity contribution in [3.63, 3.8) is 0 Å². The van der Waals surface area contributed by atoms with Gasteiger partial charge in [-0.2, -0.15) is 4.98 Å². The molecule has 2 N–H and O–H groups in total. The summed E-state index contributed by atoms with van der Waals surface area (Å²) in [4.78, 5) is 12.0. The van der Waals surface area contributed by atoms with Gasteiger partial charge < -0.3 is 14.7 Å². The Hall–Kier alpha value is -2.54. The molecule has 3 aromatic rings. The summed E-state index contributed by atoms with van der Waals surface area (Å²) in [6, 6.07) is 5.20. The Morgan fingerprint density at radius 1 is 1.22 bits per heavy atom. The van der Waals surface area contributed by atoms with Gasteiger partial charge in [0.25, 0.3) is 5.89 Å². The van der Waals surface area contributed by atoms with Gasteiger partial charge in [0.15, 0.2) is 5.76 Å². The molecule has 7 heteroatoms. The van der Waals surface area contributed by atoms with Gasteiger partial charge in [0, 0.05) is 6.20 Å². The molecule has 90 valence electrons.